The summed E-state index contributed by atoms with van der Waals surface area (Å²) in [5, 5.41) is 4.56. The summed E-state index contributed by atoms with van der Waals surface area (Å²) in [7, 11) is 0. The van der Waals surface area contributed by atoms with Gasteiger partial charge in [-0.15, -0.1) is 11.3 Å². The number of carbonyl (C=O) groups excluding carboxylic acids is 1. The van der Waals surface area contributed by atoms with Gasteiger partial charge in [0.2, 0.25) is 0 Å². The maximum absolute atomic E-state index is 13.2. The third-order valence-corrected chi connectivity index (χ3v) is 8.07. The molecule has 4 heterocycles. The number of benzene rings is 3. The summed E-state index contributed by atoms with van der Waals surface area (Å²) in [6, 6.07) is 22.3. The first-order valence-electron chi connectivity index (χ1n) is 13.1. The average Bonchev–Trinajstić information content (AvgIpc) is 3.49. The van der Waals surface area contributed by atoms with Gasteiger partial charge in [-0.1, -0.05) is 24.3 Å². The fraction of sp³-hybridized carbons (Fsp3) is 0.129. The van der Waals surface area contributed by atoms with Crippen molar-refractivity contribution in [1.82, 2.24) is 24.8 Å². The summed E-state index contributed by atoms with van der Waals surface area (Å²) >= 11 is 1.64. The molecule has 1 fully saturated rings. The zero-order valence-electron chi connectivity index (χ0n) is 21.6. The number of nitrogens with zero attached hydrogens (tertiary/aromatic N) is 6. The minimum atomic E-state index is 0.0529. The van der Waals surface area contributed by atoms with Gasteiger partial charge in [0, 0.05) is 67.1 Å². The van der Waals surface area contributed by atoms with Crippen molar-refractivity contribution >= 4 is 55.6 Å². The summed E-state index contributed by atoms with van der Waals surface area (Å²) < 4.78 is 1.17. The summed E-state index contributed by atoms with van der Waals surface area (Å²) in [5.41, 5.74) is 8.53. The van der Waals surface area contributed by atoms with E-state index in [1.54, 1.807) is 29.9 Å². The number of piperazine rings is 1. The largest absolute Gasteiger partial charge is 0.355 e. The van der Waals surface area contributed by atoms with Gasteiger partial charge in [0.1, 0.15) is 5.82 Å². The number of fused-ring (bicyclic) bond motifs is 2. The quantitative estimate of drug-likeness (QED) is 0.285. The van der Waals surface area contributed by atoms with Gasteiger partial charge in [-0.05, 0) is 53.6 Å². The molecule has 1 amide bonds. The number of aromatic nitrogens is 4. The average molecular weight is 544 g/mol. The van der Waals surface area contributed by atoms with Crippen LogP contribution in [0.4, 0.5) is 17.2 Å². The molecule has 196 valence electrons. The Bertz CT molecular complexity index is 1810. The summed E-state index contributed by atoms with van der Waals surface area (Å²) in [6.45, 7) is 2.79. The van der Waals surface area contributed by atoms with Crippen molar-refractivity contribution in [2.75, 3.05) is 36.4 Å². The van der Waals surface area contributed by atoms with Crippen LogP contribution in [0.5, 0.6) is 0 Å². The van der Waals surface area contributed by atoms with Gasteiger partial charge >= 0.3 is 0 Å². The van der Waals surface area contributed by atoms with Gasteiger partial charge in [0.05, 0.1) is 27.4 Å². The van der Waals surface area contributed by atoms with Crippen LogP contribution in [0.1, 0.15) is 10.4 Å². The second-order valence-corrected chi connectivity index (χ2v) is 10.6. The Labute approximate surface area is 235 Å². The highest BCUT2D eigenvalue weighted by Crippen LogP contribution is 2.31. The minimum Gasteiger partial charge on any atom is -0.355 e. The van der Waals surface area contributed by atoms with Crippen LogP contribution >= 0.6 is 11.3 Å². The molecule has 0 radical (unpaired) electrons. The highest BCUT2D eigenvalue weighted by Gasteiger charge is 2.23. The van der Waals surface area contributed by atoms with E-state index in [0.29, 0.717) is 18.7 Å². The molecule has 0 bridgehead atoms. The number of rotatable bonds is 5. The highest BCUT2D eigenvalue weighted by atomic mass is 32.1. The summed E-state index contributed by atoms with van der Waals surface area (Å²) in [6.07, 6.45) is 6.95. The fourth-order valence-corrected chi connectivity index (χ4v) is 5.77. The Morgan fingerprint density at radius 2 is 1.62 bits per heavy atom. The maximum Gasteiger partial charge on any atom is 0.253 e. The van der Waals surface area contributed by atoms with E-state index < -0.39 is 0 Å². The molecule has 9 heteroatoms. The molecule has 1 aliphatic rings. The van der Waals surface area contributed by atoms with Gasteiger partial charge in [-0.25, -0.2) is 9.97 Å². The monoisotopic (exact) mass is 543 g/mol. The molecule has 1 saturated heterocycles. The summed E-state index contributed by atoms with van der Waals surface area (Å²) in [4.78, 5) is 34.8. The molecular weight excluding hydrogens is 518 g/mol. The van der Waals surface area contributed by atoms with E-state index in [0.717, 1.165) is 57.8 Å². The van der Waals surface area contributed by atoms with E-state index in [9.17, 15) is 4.79 Å². The Balaban J connectivity index is 1.06. The van der Waals surface area contributed by atoms with Crippen molar-refractivity contribution in [3.05, 3.63) is 103 Å². The standard InChI is InChI=1S/C31H25N7OS/c39-31(38-15-13-37(14-16-38)30-19-32-11-12-34-30)22-3-1-21(2-4-22)23-5-7-25-26(9-10-33-27(25)17-23)36-24-6-8-29-28(18-24)35-20-40-29/h1-12,17-20H,13-16H2,(H,33,36). The van der Waals surface area contributed by atoms with Crippen molar-refractivity contribution < 1.29 is 4.79 Å². The Morgan fingerprint density at radius 1 is 0.775 bits per heavy atom. The summed E-state index contributed by atoms with van der Waals surface area (Å²) in [5.74, 6) is 0.904. The predicted octanol–water partition coefficient (Wildman–Crippen LogP) is 6.01. The molecule has 6 aromatic rings. The number of pyridine rings is 1. The number of hydrogen-bond donors (Lipinski definition) is 1. The Hall–Kier alpha value is -4.89. The Kier molecular flexibility index (Phi) is 6.25. The molecule has 0 spiro atoms. The van der Waals surface area contributed by atoms with Gasteiger partial charge in [-0.3, -0.25) is 14.8 Å². The van der Waals surface area contributed by atoms with Crippen LogP contribution in [0.25, 0.3) is 32.2 Å². The number of carbonyl (C=O) groups is 1. The second-order valence-electron chi connectivity index (χ2n) is 9.67. The topological polar surface area (TPSA) is 87.1 Å². The lowest BCUT2D eigenvalue weighted by Gasteiger charge is -2.35. The van der Waals surface area contributed by atoms with Gasteiger partial charge in [-0.2, -0.15) is 0 Å². The van der Waals surface area contributed by atoms with Crippen molar-refractivity contribution in [3.8, 4) is 11.1 Å². The molecule has 7 rings (SSSR count). The van der Waals surface area contributed by atoms with E-state index in [-0.39, 0.29) is 5.91 Å². The first-order valence-corrected chi connectivity index (χ1v) is 14.0. The van der Waals surface area contributed by atoms with E-state index in [4.69, 9.17) is 0 Å². The third kappa shape index (κ3) is 4.71. The lowest BCUT2D eigenvalue weighted by atomic mass is 10.0. The van der Waals surface area contributed by atoms with Crippen molar-refractivity contribution in [3.63, 3.8) is 0 Å². The predicted molar refractivity (Wildman–Crippen MR) is 160 cm³/mol. The lowest BCUT2D eigenvalue weighted by Crippen LogP contribution is -2.49. The SMILES string of the molecule is O=C(c1ccc(-c2ccc3c(Nc4ccc5scnc5c4)ccnc3c2)cc1)N1CCN(c2cnccn2)CC1. The normalized spacial score (nSPS) is 13.6. The molecule has 1 aliphatic heterocycles. The number of nitrogens with one attached hydrogen (secondary N) is 1. The molecule has 0 saturated carbocycles. The minimum absolute atomic E-state index is 0.0529. The molecule has 0 atom stereocenters. The Morgan fingerprint density at radius 3 is 2.45 bits per heavy atom. The number of amides is 1. The molecular formula is C31H25N7OS. The third-order valence-electron chi connectivity index (χ3n) is 7.26. The number of thiazole rings is 1. The van der Waals surface area contributed by atoms with Crippen LogP contribution in [-0.2, 0) is 0 Å². The molecule has 0 aliphatic carbocycles. The van der Waals surface area contributed by atoms with Crippen LogP contribution in [0.15, 0.2) is 97.0 Å². The first kappa shape index (κ1) is 24.2. The van der Waals surface area contributed by atoms with Crippen molar-refractivity contribution in [1.29, 1.82) is 0 Å². The number of hydrogen-bond acceptors (Lipinski definition) is 8. The van der Waals surface area contributed by atoms with Gasteiger partial charge < -0.3 is 15.1 Å². The second kappa shape index (κ2) is 10.3. The van der Waals surface area contributed by atoms with Crippen LogP contribution in [-0.4, -0.2) is 56.9 Å². The van der Waals surface area contributed by atoms with Crippen LogP contribution < -0.4 is 10.2 Å². The zero-order valence-corrected chi connectivity index (χ0v) is 22.4. The lowest BCUT2D eigenvalue weighted by molar-refractivity contribution is 0.0746. The number of anilines is 3. The van der Waals surface area contributed by atoms with Crippen LogP contribution in [0, 0.1) is 0 Å². The molecule has 1 N–H and O–H groups in total. The molecule has 40 heavy (non-hydrogen) atoms. The zero-order chi connectivity index (χ0) is 26.9. The van der Waals surface area contributed by atoms with Crippen molar-refractivity contribution in [2.24, 2.45) is 0 Å². The highest BCUT2D eigenvalue weighted by molar-refractivity contribution is 7.16. The van der Waals surface area contributed by atoms with Crippen molar-refractivity contribution in [2.45, 2.75) is 0 Å². The first-order chi connectivity index (χ1) is 19.7. The van der Waals surface area contributed by atoms with E-state index in [1.165, 1.54) is 4.70 Å². The van der Waals surface area contributed by atoms with Crippen LogP contribution in [0.2, 0.25) is 0 Å². The fourth-order valence-electron chi connectivity index (χ4n) is 5.11. The maximum atomic E-state index is 13.2. The van der Waals surface area contributed by atoms with Gasteiger partial charge in [0.15, 0.2) is 0 Å². The van der Waals surface area contributed by atoms with E-state index in [2.05, 4.69) is 66.6 Å². The smallest absolute Gasteiger partial charge is 0.253 e. The molecule has 8 nitrogen and oxygen atoms in total. The molecule has 3 aromatic carbocycles. The molecule has 3 aromatic heterocycles. The van der Waals surface area contributed by atoms with E-state index >= 15 is 0 Å². The van der Waals surface area contributed by atoms with Gasteiger partial charge in [0.25, 0.3) is 5.91 Å². The van der Waals surface area contributed by atoms with Crippen LogP contribution in [0.3, 0.4) is 0 Å². The molecule has 0 unspecified atom stereocenters. The van der Waals surface area contributed by atoms with E-state index in [1.807, 2.05) is 46.9 Å².